The molecule has 0 aliphatic carbocycles. The summed E-state index contributed by atoms with van der Waals surface area (Å²) in [5, 5.41) is 2.77. The first kappa shape index (κ1) is 15.7. The smallest absolute Gasteiger partial charge is 0.273 e. The Bertz CT molecular complexity index is 406. The highest BCUT2D eigenvalue weighted by molar-refractivity contribution is 5.92. The van der Waals surface area contributed by atoms with E-state index in [4.69, 9.17) is 14.9 Å². The van der Waals surface area contributed by atoms with Crippen LogP contribution < -0.4 is 11.1 Å². The van der Waals surface area contributed by atoms with E-state index in [1.54, 1.807) is 7.11 Å². The number of hydrogen-bond acceptors (Lipinski definition) is 5. The summed E-state index contributed by atoms with van der Waals surface area (Å²) >= 11 is 0. The molecule has 6 heteroatoms. The molecule has 0 bridgehead atoms. The largest absolute Gasteiger partial charge is 0.446 e. The van der Waals surface area contributed by atoms with Crippen LogP contribution in [0.2, 0.25) is 0 Å². The van der Waals surface area contributed by atoms with E-state index >= 15 is 0 Å². The van der Waals surface area contributed by atoms with Gasteiger partial charge in [-0.25, -0.2) is 4.98 Å². The highest BCUT2D eigenvalue weighted by Gasteiger charge is 2.21. The van der Waals surface area contributed by atoms with E-state index in [1.807, 2.05) is 20.8 Å². The Morgan fingerprint density at radius 2 is 2.26 bits per heavy atom. The predicted octanol–water partition coefficient (Wildman–Crippen LogP) is 1.49. The number of carbonyl (C=O) groups is 1. The Hall–Kier alpha value is -1.40. The second-order valence-corrected chi connectivity index (χ2v) is 4.81. The standard InChI is InChI=1S/C13H23N3O3/c1-5-8(2)11(14)13-16-10(7-19-13)12(17)15-9(3)6-18-4/h7-9,11H,5-6,14H2,1-4H3,(H,15,17). The van der Waals surface area contributed by atoms with E-state index in [0.717, 1.165) is 6.42 Å². The van der Waals surface area contributed by atoms with Crippen molar-refractivity contribution >= 4 is 5.91 Å². The van der Waals surface area contributed by atoms with Gasteiger partial charge in [0.25, 0.3) is 5.91 Å². The van der Waals surface area contributed by atoms with Crippen LogP contribution in [0.3, 0.4) is 0 Å². The summed E-state index contributed by atoms with van der Waals surface area (Å²) in [5.74, 6) is 0.372. The molecule has 0 aliphatic rings. The fraction of sp³-hybridized carbons (Fsp3) is 0.692. The fourth-order valence-corrected chi connectivity index (χ4v) is 1.63. The van der Waals surface area contributed by atoms with Crippen molar-refractivity contribution in [3.63, 3.8) is 0 Å². The van der Waals surface area contributed by atoms with Gasteiger partial charge in [-0.2, -0.15) is 0 Å². The maximum atomic E-state index is 11.9. The van der Waals surface area contributed by atoms with Crippen LogP contribution in [0.4, 0.5) is 0 Å². The maximum Gasteiger partial charge on any atom is 0.273 e. The van der Waals surface area contributed by atoms with Gasteiger partial charge in [-0.1, -0.05) is 20.3 Å². The lowest BCUT2D eigenvalue weighted by Gasteiger charge is -2.14. The maximum absolute atomic E-state index is 11.9. The van der Waals surface area contributed by atoms with E-state index in [-0.39, 0.29) is 29.6 Å². The van der Waals surface area contributed by atoms with Crippen LogP contribution in [0.1, 0.15) is 49.6 Å². The molecular formula is C13H23N3O3. The first-order valence-electron chi connectivity index (χ1n) is 6.50. The van der Waals surface area contributed by atoms with Crippen molar-refractivity contribution in [2.75, 3.05) is 13.7 Å². The van der Waals surface area contributed by atoms with Crippen LogP contribution in [0.5, 0.6) is 0 Å². The highest BCUT2D eigenvalue weighted by Crippen LogP contribution is 2.21. The van der Waals surface area contributed by atoms with E-state index < -0.39 is 0 Å². The topological polar surface area (TPSA) is 90.4 Å². The third-order valence-corrected chi connectivity index (χ3v) is 3.09. The molecule has 0 saturated carbocycles. The molecule has 0 aromatic carbocycles. The molecule has 0 aliphatic heterocycles. The zero-order valence-corrected chi connectivity index (χ0v) is 12.0. The normalized spacial score (nSPS) is 15.8. The van der Waals surface area contributed by atoms with Crippen LogP contribution >= 0.6 is 0 Å². The highest BCUT2D eigenvalue weighted by atomic mass is 16.5. The van der Waals surface area contributed by atoms with E-state index in [2.05, 4.69) is 10.3 Å². The number of oxazole rings is 1. The Morgan fingerprint density at radius 3 is 2.84 bits per heavy atom. The molecule has 1 heterocycles. The van der Waals surface area contributed by atoms with Crippen molar-refractivity contribution in [2.45, 2.75) is 39.3 Å². The predicted molar refractivity (Wildman–Crippen MR) is 71.7 cm³/mol. The minimum atomic E-state index is -0.289. The Kier molecular flexibility index (Phi) is 5.98. The molecule has 1 rings (SSSR count). The van der Waals surface area contributed by atoms with Gasteiger partial charge in [0.05, 0.1) is 12.6 Å². The lowest BCUT2D eigenvalue weighted by atomic mass is 10.0. The minimum Gasteiger partial charge on any atom is -0.446 e. The average molecular weight is 269 g/mol. The van der Waals surface area contributed by atoms with E-state index in [9.17, 15) is 4.79 Å². The first-order chi connectivity index (χ1) is 8.99. The summed E-state index contributed by atoms with van der Waals surface area (Å²) in [6.07, 6.45) is 2.27. The molecule has 0 radical (unpaired) electrons. The molecule has 1 aromatic rings. The Balaban J connectivity index is 2.66. The number of rotatable bonds is 7. The summed E-state index contributed by atoms with van der Waals surface area (Å²) in [6.45, 7) is 6.37. The number of ether oxygens (including phenoxy) is 1. The van der Waals surface area contributed by atoms with Gasteiger partial charge in [-0.15, -0.1) is 0 Å². The lowest BCUT2D eigenvalue weighted by Crippen LogP contribution is -2.35. The van der Waals surface area contributed by atoms with Gasteiger partial charge in [-0.3, -0.25) is 4.79 Å². The van der Waals surface area contributed by atoms with Gasteiger partial charge < -0.3 is 20.2 Å². The molecule has 3 N–H and O–H groups in total. The summed E-state index contributed by atoms with van der Waals surface area (Å²) in [4.78, 5) is 16.0. The lowest BCUT2D eigenvalue weighted by molar-refractivity contribution is 0.0900. The zero-order valence-electron chi connectivity index (χ0n) is 12.0. The summed E-state index contributed by atoms with van der Waals surface area (Å²) in [5.41, 5.74) is 6.25. The molecule has 0 fully saturated rings. The van der Waals surface area contributed by atoms with Crippen molar-refractivity contribution < 1.29 is 13.9 Å². The van der Waals surface area contributed by atoms with Gasteiger partial charge in [-0.05, 0) is 12.8 Å². The quantitative estimate of drug-likeness (QED) is 0.782. The second-order valence-electron chi connectivity index (χ2n) is 4.81. The molecule has 0 spiro atoms. The number of methoxy groups -OCH3 is 1. The van der Waals surface area contributed by atoms with Crippen molar-refractivity contribution in [1.29, 1.82) is 0 Å². The summed E-state index contributed by atoms with van der Waals surface area (Å²) in [7, 11) is 1.59. The number of amides is 1. The van der Waals surface area contributed by atoms with E-state index in [1.165, 1.54) is 6.26 Å². The molecule has 19 heavy (non-hydrogen) atoms. The number of aromatic nitrogens is 1. The van der Waals surface area contributed by atoms with Gasteiger partial charge in [0.1, 0.15) is 6.26 Å². The number of nitrogens with two attached hydrogens (primary N) is 1. The van der Waals surface area contributed by atoms with Gasteiger partial charge in [0.2, 0.25) is 5.89 Å². The molecule has 3 atom stereocenters. The van der Waals surface area contributed by atoms with Crippen molar-refractivity contribution in [2.24, 2.45) is 11.7 Å². The zero-order chi connectivity index (χ0) is 14.4. The monoisotopic (exact) mass is 269 g/mol. The third-order valence-electron chi connectivity index (χ3n) is 3.09. The van der Waals surface area contributed by atoms with Crippen LogP contribution in [-0.4, -0.2) is 30.6 Å². The van der Waals surface area contributed by atoms with Crippen LogP contribution in [-0.2, 0) is 4.74 Å². The Morgan fingerprint density at radius 1 is 1.58 bits per heavy atom. The van der Waals surface area contributed by atoms with Gasteiger partial charge >= 0.3 is 0 Å². The molecule has 1 amide bonds. The summed E-state index contributed by atoms with van der Waals surface area (Å²) < 4.78 is 10.2. The van der Waals surface area contributed by atoms with Crippen molar-refractivity contribution in [1.82, 2.24) is 10.3 Å². The average Bonchev–Trinajstić information content (AvgIpc) is 2.86. The molecule has 6 nitrogen and oxygen atoms in total. The molecule has 0 saturated heterocycles. The fourth-order valence-electron chi connectivity index (χ4n) is 1.63. The van der Waals surface area contributed by atoms with Crippen LogP contribution in [0.25, 0.3) is 0 Å². The molecular weight excluding hydrogens is 246 g/mol. The Labute approximate surface area is 113 Å². The molecule has 3 unspecified atom stereocenters. The SMILES string of the molecule is CCC(C)C(N)c1nc(C(=O)NC(C)COC)co1. The number of carbonyl (C=O) groups excluding carboxylic acids is 1. The van der Waals surface area contributed by atoms with Crippen LogP contribution in [0, 0.1) is 5.92 Å². The minimum absolute atomic E-state index is 0.0825. The number of nitrogens with zero attached hydrogens (tertiary/aromatic N) is 1. The third kappa shape index (κ3) is 4.33. The second kappa shape index (κ2) is 7.25. The van der Waals surface area contributed by atoms with E-state index in [0.29, 0.717) is 12.5 Å². The van der Waals surface area contributed by atoms with Crippen molar-refractivity contribution in [3.8, 4) is 0 Å². The number of nitrogens with one attached hydrogen (secondary N) is 1. The van der Waals surface area contributed by atoms with Gasteiger partial charge in [0.15, 0.2) is 5.69 Å². The van der Waals surface area contributed by atoms with Crippen molar-refractivity contribution in [3.05, 3.63) is 17.8 Å². The molecule has 108 valence electrons. The van der Waals surface area contributed by atoms with Crippen LogP contribution in [0.15, 0.2) is 10.7 Å². The molecule has 1 aromatic heterocycles. The number of hydrogen-bond donors (Lipinski definition) is 2. The summed E-state index contributed by atoms with van der Waals surface area (Å²) in [6, 6.07) is -0.371. The first-order valence-corrected chi connectivity index (χ1v) is 6.50. The van der Waals surface area contributed by atoms with Gasteiger partial charge in [0, 0.05) is 13.2 Å².